The molecule has 1 unspecified atom stereocenters. The van der Waals surface area contributed by atoms with Crippen molar-refractivity contribution in [3.8, 4) is 0 Å². The summed E-state index contributed by atoms with van der Waals surface area (Å²) in [6, 6.07) is 10.0. The number of amides is 4. The Hall–Kier alpha value is -4.16. The minimum absolute atomic E-state index is 0.00258. The molecule has 14 heteroatoms. The highest BCUT2D eigenvalue weighted by atomic mass is 35.5. The standard InChI is InChI=1S/C28H29Cl2N5O7/c29-20-8-4-9-21(30)19(20)16-42-31-15-18(14-25(37)38)32-27(40)23-10-5-13-34-24(36)12-11-22(28(41)35(23)34)33-26(39)17-6-2-1-3-7-17/h1-4,6-9,15,18,22-23H,5,10-14,16H2,(H,32,40)(H,33,39)(H,37,38)/b31-15+/t18-,22?,23-/m0/s1. The average Bonchev–Trinajstić information content (AvgIpc) is 3.08. The molecular weight excluding hydrogens is 589 g/mol. The van der Waals surface area contributed by atoms with E-state index in [1.54, 1.807) is 48.5 Å². The fraction of sp³-hybridized carbons (Fsp3) is 0.357. The van der Waals surface area contributed by atoms with E-state index in [1.165, 1.54) is 5.01 Å². The van der Waals surface area contributed by atoms with Crippen molar-refractivity contribution in [1.29, 1.82) is 0 Å². The van der Waals surface area contributed by atoms with Crippen LogP contribution in [0.4, 0.5) is 0 Å². The van der Waals surface area contributed by atoms with Crippen molar-refractivity contribution in [2.24, 2.45) is 5.16 Å². The van der Waals surface area contributed by atoms with Crippen molar-refractivity contribution in [2.75, 3.05) is 6.54 Å². The molecule has 3 N–H and O–H groups in total. The molecule has 2 fully saturated rings. The first-order valence-electron chi connectivity index (χ1n) is 13.3. The zero-order valence-electron chi connectivity index (χ0n) is 22.4. The number of halogens is 2. The summed E-state index contributed by atoms with van der Waals surface area (Å²) in [5.41, 5.74) is 0.831. The number of carboxylic acids is 1. The van der Waals surface area contributed by atoms with E-state index in [1.807, 2.05) is 0 Å². The Labute approximate surface area is 251 Å². The second kappa shape index (κ2) is 14.1. The number of benzene rings is 2. The van der Waals surface area contributed by atoms with Gasteiger partial charge >= 0.3 is 5.97 Å². The van der Waals surface area contributed by atoms with Crippen LogP contribution in [0.3, 0.4) is 0 Å². The summed E-state index contributed by atoms with van der Waals surface area (Å²) < 4.78 is 0. The van der Waals surface area contributed by atoms with Crippen LogP contribution in [-0.4, -0.2) is 75.6 Å². The number of rotatable bonds is 10. The lowest BCUT2D eigenvalue weighted by Gasteiger charge is -2.43. The topological polar surface area (TPSA) is 158 Å². The van der Waals surface area contributed by atoms with Gasteiger partial charge in [0.2, 0.25) is 11.8 Å². The third kappa shape index (κ3) is 7.56. The van der Waals surface area contributed by atoms with E-state index >= 15 is 0 Å². The monoisotopic (exact) mass is 617 g/mol. The third-order valence-corrected chi connectivity index (χ3v) is 7.52. The number of carbonyl (C=O) groups is 5. The Balaban J connectivity index is 1.47. The van der Waals surface area contributed by atoms with E-state index in [4.69, 9.17) is 28.0 Å². The molecule has 3 atom stereocenters. The molecule has 0 saturated carbocycles. The quantitative estimate of drug-likeness (QED) is 0.273. The van der Waals surface area contributed by atoms with Crippen LogP contribution < -0.4 is 10.6 Å². The molecule has 4 amide bonds. The molecular formula is C28H29Cl2N5O7. The number of hydrogen-bond acceptors (Lipinski definition) is 7. The van der Waals surface area contributed by atoms with Gasteiger partial charge in [-0.1, -0.05) is 52.6 Å². The molecule has 2 aliphatic heterocycles. The molecule has 0 aliphatic carbocycles. The predicted octanol–water partition coefficient (Wildman–Crippen LogP) is 2.78. The van der Waals surface area contributed by atoms with Crippen molar-refractivity contribution in [2.45, 2.75) is 56.8 Å². The number of hydrazine groups is 1. The summed E-state index contributed by atoms with van der Waals surface area (Å²) in [4.78, 5) is 69.5. The number of hydrogen-bond donors (Lipinski definition) is 3. The highest BCUT2D eigenvalue weighted by molar-refractivity contribution is 6.35. The summed E-state index contributed by atoms with van der Waals surface area (Å²) in [6.07, 6.45) is 1.32. The van der Waals surface area contributed by atoms with Crippen molar-refractivity contribution < 1.29 is 33.9 Å². The maximum atomic E-state index is 13.6. The molecule has 2 aromatic carbocycles. The van der Waals surface area contributed by atoms with Crippen molar-refractivity contribution in [3.63, 3.8) is 0 Å². The number of oxime groups is 1. The SMILES string of the molecule is O=C(O)C[C@@H](/C=N/OCc1c(Cl)cccc1Cl)NC(=O)[C@@H]1CCCN2C(=O)CCC(NC(=O)c3ccccc3)C(=O)N12. The number of carbonyl (C=O) groups excluding carboxylic acids is 4. The maximum Gasteiger partial charge on any atom is 0.305 e. The van der Waals surface area contributed by atoms with Gasteiger partial charge in [-0.3, -0.25) is 29.0 Å². The van der Waals surface area contributed by atoms with Gasteiger partial charge in [0.25, 0.3) is 11.8 Å². The fourth-order valence-corrected chi connectivity index (χ4v) is 5.24. The summed E-state index contributed by atoms with van der Waals surface area (Å²) in [5, 5.41) is 21.5. The Kier molecular flexibility index (Phi) is 10.4. The van der Waals surface area contributed by atoms with Crippen LogP contribution in [0.5, 0.6) is 0 Å². The average molecular weight is 618 g/mol. The van der Waals surface area contributed by atoms with Crippen LogP contribution in [0.2, 0.25) is 10.0 Å². The second-order valence-electron chi connectivity index (χ2n) is 9.73. The van der Waals surface area contributed by atoms with E-state index in [9.17, 15) is 29.1 Å². The van der Waals surface area contributed by atoms with Crippen LogP contribution >= 0.6 is 23.2 Å². The van der Waals surface area contributed by atoms with Gasteiger partial charge in [-0.05, 0) is 43.5 Å². The molecule has 0 radical (unpaired) electrons. The first-order chi connectivity index (χ1) is 20.2. The summed E-state index contributed by atoms with van der Waals surface area (Å²) in [6.45, 7) is 0.132. The largest absolute Gasteiger partial charge is 0.481 e. The van der Waals surface area contributed by atoms with Gasteiger partial charge in [-0.25, -0.2) is 5.01 Å². The van der Waals surface area contributed by atoms with Gasteiger partial charge in [0, 0.05) is 34.1 Å². The van der Waals surface area contributed by atoms with E-state index in [0.717, 1.165) is 11.2 Å². The molecule has 2 aliphatic rings. The molecule has 42 heavy (non-hydrogen) atoms. The lowest BCUT2D eigenvalue weighted by molar-refractivity contribution is -0.176. The van der Waals surface area contributed by atoms with Gasteiger partial charge in [0.05, 0.1) is 18.7 Å². The molecule has 2 heterocycles. The number of carboxylic acid groups (broad SMARTS) is 1. The Morgan fingerprint density at radius 2 is 1.79 bits per heavy atom. The molecule has 0 spiro atoms. The number of fused-ring (bicyclic) bond motifs is 1. The van der Waals surface area contributed by atoms with E-state index in [0.29, 0.717) is 27.6 Å². The normalized spacial score (nSPS) is 19.6. The zero-order chi connectivity index (χ0) is 30.2. The van der Waals surface area contributed by atoms with Crippen LogP contribution in [0.1, 0.15) is 48.0 Å². The Morgan fingerprint density at radius 1 is 1.07 bits per heavy atom. The molecule has 0 aromatic heterocycles. The van der Waals surface area contributed by atoms with E-state index in [2.05, 4.69) is 15.8 Å². The van der Waals surface area contributed by atoms with Crippen molar-refractivity contribution in [3.05, 3.63) is 69.7 Å². The first-order valence-corrected chi connectivity index (χ1v) is 14.0. The first kappa shape index (κ1) is 30.8. The number of nitrogens with one attached hydrogen (secondary N) is 2. The van der Waals surface area contributed by atoms with Crippen molar-refractivity contribution >= 4 is 59.0 Å². The highest BCUT2D eigenvalue weighted by Gasteiger charge is 2.44. The lowest BCUT2D eigenvalue weighted by atomic mass is 10.0. The Morgan fingerprint density at radius 3 is 2.48 bits per heavy atom. The van der Waals surface area contributed by atoms with Crippen LogP contribution in [0.15, 0.2) is 53.7 Å². The zero-order valence-corrected chi connectivity index (χ0v) is 23.9. The van der Waals surface area contributed by atoms with Gasteiger partial charge in [0.15, 0.2) is 0 Å². The summed E-state index contributed by atoms with van der Waals surface area (Å²) in [7, 11) is 0. The van der Waals surface area contributed by atoms with Crippen LogP contribution in [0, 0.1) is 0 Å². The van der Waals surface area contributed by atoms with E-state index < -0.39 is 48.2 Å². The second-order valence-corrected chi connectivity index (χ2v) is 10.5. The minimum Gasteiger partial charge on any atom is -0.481 e. The van der Waals surface area contributed by atoms with Gasteiger partial charge in [0.1, 0.15) is 18.7 Å². The molecule has 0 bridgehead atoms. The van der Waals surface area contributed by atoms with Crippen molar-refractivity contribution in [1.82, 2.24) is 20.7 Å². The lowest BCUT2D eigenvalue weighted by Crippen LogP contribution is -2.64. The smallest absolute Gasteiger partial charge is 0.305 e. The third-order valence-electron chi connectivity index (χ3n) is 6.81. The molecule has 4 rings (SSSR count). The van der Waals surface area contributed by atoms with Gasteiger partial charge in [-0.15, -0.1) is 0 Å². The summed E-state index contributed by atoms with van der Waals surface area (Å²) in [5.74, 6) is -3.33. The van der Waals surface area contributed by atoms with E-state index in [-0.39, 0.29) is 38.3 Å². The molecule has 222 valence electrons. The maximum absolute atomic E-state index is 13.6. The molecule has 2 saturated heterocycles. The van der Waals surface area contributed by atoms with Crippen LogP contribution in [0.25, 0.3) is 0 Å². The van der Waals surface area contributed by atoms with Gasteiger partial charge < -0.3 is 20.6 Å². The molecule has 2 aromatic rings. The van der Waals surface area contributed by atoms with Gasteiger partial charge in [-0.2, -0.15) is 0 Å². The van der Waals surface area contributed by atoms with Crippen LogP contribution in [-0.2, 0) is 30.6 Å². The number of nitrogens with zero attached hydrogens (tertiary/aromatic N) is 3. The Bertz CT molecular complexity index is 1350. The highest BCUT2D eigenvalue weighted by Crippen LogP contribution is 2.26. The fourth-order valence-electron chi connectivity index (χ4n) is 4.73. The summed E-state index contributed by atoms with van der Waals surface area (Å²) >= 11 is 12.2. The number of aliphatic carboxylic acids is 1. The minimum atomic E-state index is -1.21. The predicted molar refractivity (Wildman–Crippen MR) is 152 cm³/mol. The molecule has 12 nitrogen and oxygen atoms in total.